The summed E-state index contributed by atoms with van der Waals surface area (Å²) < 4.78 is 11.1. The number of phenols is 1. The Hall–Kier alpha value is -2.49. The lowest BCUT2D eigenvalue weighted by molar-refractivity contribution is 0.101. The number of benzene rings is 2. The van der Waals surface area contributed by atoms with E-state index >= 15 is 0 Å². The first-order valence-corrected chi connectivity index (χ1v) is 6.81. The van der Waals surface area contributed by atoms with Crippen molar-refractivity contribution in [3.8, 4) is 17.2 Å². The van der Waals surface area contributed by atoms with Crippen LogP contribution in [0.15, 0.2) is 48.5 Å². The maximum atomic E-state index is 11.3. The summed E-state index contributed by atoms with van der Waals surface area (Å²) in [6.07, 6.45) is 0.727. The third-order valence-electron chi connectivity index (χ3n) is 2.92. The Balaban J connectivity index is 1.76. The molecule has 0 saturated carbocycles. The van der Waals surface area contributed by atoms with Crippen molar-refractivity contribution >= 4 is 5.78 Å². The summed E-state index contributed by atoms with van der Waals surface area (Å²) in [6, 6.07) is 14.2. The molecule has 2 rings (SSSR count). The molecule has 21 heavy (non-hydrogen) atoms. The van der Waals surface area contributed by atoms with Crippen molar-refractivity contribution in [3.05, 3.63) is 54.1 Å². The second-order valence-corrected chi connectivity index (χ2v) is 4.60. The molecule has 2 aromatic rings. The molecule has 0 fully saturated rings. The van der Waals surface area contributed by atoms with Crippen LogP contribution in [-0.4, -0.2) is 24.1 Å². The number of ether oxygens (including phenoxy) is 2. The number of phenolic OH excluding ortho intramolecular Hbond substituents is 1. The zero-order chi connectivity index (χ0) is 15.1. The van der Waals surface area contributed by atoms with Crippen LogP contribution in [0.1, 0.15) is 23.7 Å². The van der Waals surface area contributed by atoms with Gasteiger partial charge in [0, 0.05) is 6.42 Å². The first-order valence-electron chi connectivity index (χ1n) is 6.81. The van der Waals surface area contributed by atoms with Crippen LogP contribution in [0.2, 0.25) is 0 Å². The molecule has 4 heteroatoms. The van der Waals surface area contributed by atoms with Gasteiger partial charge in [-0.1, -0.05) is 18.2 Å². The molecular formula is C17H18O4. The fourth-order valence-electron chi connectivity index (χ4n) is 1.84. The number of rotatable bonds is 7. The van der Waals surface area contributed by atoms with Crippen LogP contribution < -0.4 is 9.47 Å². The van der Waals surface area contributed by atoms with E-state index in [9.17, 15) is 9.90 Å². The summed E-state index contributed by atoms with van der Waals surface area (Å²) >= 11 is 0. The van der Waals surface area contributed by atoms with E-state index in [1.165, 1.54) is 13.0 Å². The molecule has 0 radical (unpaired) electrons. The molecule has 0 aliphatic rings. The van der Waals surface area contributed by atoms with Gasteiger partial charge in [0.1, 0.15) is 17.2 Å². The number of hydrogen-bond donors (Lipinski definition) is 1. The fourth-order valence-corrected chi connectivity index (χ4v) is 1.84. The fraction of sp³-hybridized carbons (Fsp3) is 0.235. The van der Waals surface area contributed by atoms with Gasteiger partial charge in [-0.2, -0.15) is 0 Å². The predicted octanol–water partition coefficient (Wildman–Crippen LogP) is 3.44. The van der Waals surface area contributed by atoms with Crippen molar-refractivity contribution in [2.45, 2.75) is 13.3 Å². The minimum Gasteiger partial charge on any atom is -0.507 e. The quantitative estimate of drug-likeness (QED) is 0.625. The van der Waals surface area contributed by atoms with Gasteiger partial charge < -0.3 is 14.6 Å². The van der Waals surface area contributed by atoms with Gasteiger partial charge in [-0.25, -0.2) is 0 Å². The molecule has 0 aliphatic heterocycles. The molecule has 0 atom stereocenters. The summed E-state index contributed by atoms with van der Waals surface area (Å²) in [4.78, 5) is 11.3. The molecule has 0 amide bonds. The lowest BCUT2D eigenvalue weighted by Crippen LogP contribution is -2.05. The van der Waals surface area contributed by atoms with Crippen LogP contribution in [0.25, 0.3) is 0 Å². The van der Waals surface area contributed by atoms with Gasteiger partial charge in [0.15, 0.2) is 5.78 Å². The topological polar surface area (TPSA) is 55.8 Å². The van der Waals surface area contributed by atoms with Crippen molar-refractivity contribution in [1.29, 1.82) is 0 Å². The SMILES string of the molecule is CC(=O)c1cc(OCCCOc2ccccc2)ccc1O. The highest BCUT2D eigenvalue weighted by Gasteiger charge is 2.07. The summed E-state index contributed by atoms with van der Waals surface area (Å²) in [5.74, 6) is 1.19. The number of hydrogen-bond acceptors (Lipinski definition) is 4. The van der Waals surface area contributed by atoms with Gasteiger partial charge >= 0.3 is 0 Å². The van der Waals surface area contributed by atoms with Gasteiger partial charge in [0.2, 0.25) is 0 Å². The molecule has 1 N–H and O–H groups in total. The lowest BCUT2D eigenvalue weighted by atomic mass is 10.1. The van der Waals surface area contributed by atoms with Gasteiger partial charge in [0.25, 0.3) is 0 Å². The minimum atomic E-state index is -0.189. The van der Waals surface area contributed by atoms with Gasteiger partial charge in [-0.05, 0) is 37.3 Å². The van der Waals surface area contributed by atoms with E-state index in [0.29, 0.717) is 19.0 Å². The van der Waals surface area contributed by atoms with Crippen LogP contribution in [0.3, 0.4) is 0 Å². The van der Waals surface area contributed by atoms with Crippen LogP contribution in [0.4, 0.5) is 0 Å². The summed E-state index contributed by atoms with van der Waals surface area (Å²) in [5.41, 5.74) is 0.271. The Kier molecular flexibility index (Phi) is 5.21. The normalized spacial score (nSPS) is 10.1. The Morgan fingerprint density at radius 3 is 2.33 bits per heavy atom. The van der Waals surface area contributed by atoms with E-state index in [1.54, 1.807) is 12.1 Å². The van der Waals surface area contributed by atoms with E-state index < -0.39 is 0 Å². The monoisotopic (exact) mass is 286 g/mol. The molecule has 0 heterocycles. The first kappa shape index (κ1) is 14.9. The van der Waals surface area contributed by atoms with Crippen molar-refractivity contribution in [2.75, 3.05) is 13.2 Å². The standard InChI is InChI=1S/C17H18O4/c1-13(18)16-12-15(8-9-17(16)19)21-11-5-10-20-14-6-3-2-4-7-14/h2-4,6-9,12,19H,5,10-11H2,1H3. The van der Waals surface area contributed by atoms with Gasteiger partial charge in [-0.3, -0.25) is 4.79 Å². The predicted molar refractivity (Wildman–Crippen MR) is 80.2 cm³/mol. The molecule has 0 saturated heterocycles. The molecule has 0 aliphatic carbocycles. The number of ketones is 1. The highest BCUT2D eigenvalue weighted by Crippen LogP contribution is 2.23. The second-order valence-electron chi connectivity index (χ2n) is 4.60. The van der Waals surface area contributed by atoms with E-state index in [2.05, 4.69) is 0 Å². The maximum Gasteiger partial charge on any atom is 0.163 e. The average molecular weight is 286 g/mol. The highest BCUT2D eigenvalue weighted by molar-refractivity contribution is 5.97. The van der Waals surface area contributed by atoms with Crippen LogP contribution in [0, 0.1) is 0 Å². The number of para-hydroxylation sites is 1. The third-order valence-corrected chi connectivity index (χ3v) is 2.92. The summed E-state index contributed by atoms with van der Waals surface area (Å²) in [6.45, 7) is 2.45. The van der Waals surface area contributed by atoms with Gasteiger partial charge in [-0.15, -0.1) is 0 Å². The second kappa shape index (κ2) is 7.33. The summed E-state index contributed by atoms with van der Waals surface area (Å²) in [7, 11) is 0. The number of aromatic hydroxyl groups is 1. The van der Waals surface area contributed by atoms with Crippen molar-refractivity contribution in [1.82, 2.24) is 0 Å². The molecule has 2 aromatic carbocycles. The average Bonchev–Trinajstić information content (AvgIpc) is 2.49. The van der Waals surface area contributed by atoms with Gasteiger partial charge in [0.05, 0.1) is 18.8 Å². The first-order chi connectivity index (χ1) is 10.2. The van der Waals surface area contributed by atoms with Crippen LogP contribution in [0.5, 0.6) is 17.2 Å². The van der Waals surface area contributed by atoms with E-state index in [1.807, 2.05) is 30.3 Å². The Morgan fingerprint density at radius 1 is 1.00 bits per heavy atom. The summed E-state index contributed by atoms with van der Waals surface area (Å²) in [5, 5.41) is 9.54. The number of Topliss-reactive ketones (excluding diaryl/α,β-unsaturated/α-hetero) is 1. The number of carbonyl (C=O) groups is 1. The van der Waals surface area contributed by atoms with E-state index in [4.69, 9.17) is 9.47 Å². The smallest absolute Gasteiger partial charge is 0.163 e. The maximum absolute atomic E-state index is 11.3. The number of carbonyl (C=O) groups excluding carboxylic acids is 1. The Bertz CT molecular complexity index is 593. The van der Waals surface area contributed by atoms with Crippen molar-refractivity contribution in [2.24, 2.45) is 0 Å². The van der Waals surface area contributed by atoms with Crippen LogP contribution in [-0.2, 0) is 0 Å². The molecule has 0 aromatic heterocycles. The zero-order valence-corrected chi connectivity index (χ0v) is 11.9. The molecular weight excluding hydrogens is 268 g/mol. The Morgan fingerprint density at radius 2 is 1.67 bits per heavy atom. The van der Waals surface area contributed by atoms with E-state index in [-0.39, 0.29) is 17.1 Å². The third kappa shape index (κ3) is 4.53. The van der Waals surface area contributed by atoms with Crippen molar-refractivity contribution in [3.63, 3.8) is 0 Å². The van der Waals surface area contributed by atoms with Crippen molar-refractivity contribution < 1.29 is 19.4 Å². The molecule has 0 unspecified atom stereocenters. The zero-order valence-electron chi connectivity index (χ0n) is 11.9. The Labute approximate surface area is 123 Å². The molecule has 0 bridgehead atoms. The van der Waals surface area contributed by atoms with Crippen LogP contribution >= 0.6 is 0 Å². The largest absolute Gasteiger partial charge is 0.507 e. The lowest BCUT2D eigenvalue weighted by Gasteiger charge is -2.09. The highest BCUT2D eigenvalue weighted by atomic mass is 16.5. The molecule has 110 valence electrons. The minimum absolute atomic E-state index is 0.0257. The van der Waals surface area contributed by atoms with E-state index in [0.717, 1.165) is 12.2 Å². The molecule has 0 spiro atoms. The molecule has 4 nitrogen and oxygen atoms in total.